The van der Waals surface area contributed by atoms with Gasteiger partial charge in [-0.05, 0) is 30.3 Å². The SMILES string of the molecule is CNCC1c2ccc(O)c(O)c2Cc2cccnc2N1CC=O. The van der Waals surface area contributed by atoms with E-state index >= 15 is 0 Å². The second kappa shape index (κ2) is 6.26. The number of hydrogen-bond acceptors (Lipinski definition) is 6. The number of fused-ring (bicyclic) bond motifs is 2. The average Bonchev–Trinajstić information content (AvgIpc) is 2.68. The van der Waals surface area contributed by atoms with Crippen molar-refractivity contribution in [3.8, 4) is 11.5 Å². The highest BCUT2D eigenvalue weighted by Gasteiger charge is 2.30. The summed E-state index contributed by atoms with van der Waals surface area (Å²) in [6, 6.07) is 6.88. The predicted molar refractivity (Wildman–Crippen MR) is 86.9 cm³/mol. The highest BCUT2D eigenvalue weighted by Crippen LogP contribution is 2.42. The van der Waals surface area contributed by atoms with Crippen LogP contribution < -0.4 is 10.2 Å². The molecule has 1 unspecified atom stereocenters. The largest absolute Gasteiger partial charge is 0.504 e. The van der Waals surface area contributed by atoms with E-state index in [4.69, 9.17) is 0 Å². The number of hydrogen-bond donors (Lipinski definition) is 3. The van der Waals surface area contributed by atoms with Crippen LogP contribution in [-0.4, -0.2) is 41.6 Å². The number of carbonyl (C=O) groups excluding carboxylic acids is 1. The van der Waals surface area contributed by atoms with Gasteiger partial charge in [0.25, 0.3) is 0 Å². The molecular formula is C17H19N3O3. The maximum absolute atomic E-state index is 11.2. The Hall–Kier alpha value is -2.60. The molecular weight excluding hydrogens is 294 g/mol. The van der Waals surface area contributed by atoms with Crippen molar-refractivity contribution < 1.29 is 15.0 Å². The first-order valence-corrected chi connectivity index (χ1v) is 7.49. The molecule has 1 aliphatic heterocycles. The molecule has 1 aromatic carbocycles. The Bertz CT molecular complexity index is 733. The van der Waals surface area contributed by atoms with Crippen LogP contribution in [0.25, 0.3) is 0 Å². The number of pyridine rings is 1. The maximum Gasteiger partial charge on any atom is 0.161 e. The fourth-order valence-corrected chi connectivity index (χ4v) is 3.18. The van der Waals surface area contributed by atoms with Crippen LogP contribution in [0.1, 0.15) is 22.7 Å². The minimum absolute atomic E-state index is 0.105. The summed E-state index contributed by atoms with van der Waals surface area (Å²) in [5, 5.41) is 23.3. The lowest BCUT2D eigenvalue weighted by atomic mass is 9.95. The van der Waals surface area contributed by atoms with Crippen LogP contribution in [0.5, 0.6) is 11.5 Å². The molecule has 1 aliphatic rings. The zero-order valence-electron chi connectivity index (χ0n) is 12.9. The fourth-order valence-electron chi connectivity index (χ4n) is 3.18. The monoisotopic (exact) mass is 313 g/mol. The third-order valence-corrected chi connectivity index (χ3v) is 4.21. The van der Waals surface area contributed by atoms with E-state index in [2.05, 4.69) is 10.3 Å². The smallest absolute Gasteiger partial charge is 0.161 e. The van der Waals surface area contributed by atoms with Crippen LogP contribution in [0, 0.1) is 0 Å². The molecule has 6 nitrogen and oxygen atoms in total. The van der Waals surface area contributed by atoms with E-state index < -0.39 is 0 Å². The van der Waals surface area contributed by atoms with E-state index in [1.165, 1.54) is 6.07 Å². The number of anilines is 1. The number of nitrogens with one attached hydrogen (secondary N) is 1. The maximum atomic E-state index is 11.2. The summed E-state index contributed by atoms with van der Waals surface area (Å²) in [6.45, 7) is 0.790. The van der Waals surface area contributed by atoms with Gasteiger partial charge >= 0.3 is 0 Å². The third-order valence-electron chi connectivity index (χ3n) is 4.21. The van der Waals surface area contributed by atoms with E-state index in [0.29, 0.717) is 18.5 Å². The molecule has 3 N–H and O–H groups in total. The van der Waals surface area contributed by atoms with Crippen LogP contribution in [0.15, 0.2) is 30.5 Å². The molecule has 1 atom stereocenters. The minimum Gasteiger partial charge on any atom is -0.504 e. The van der Waals surface area contributed by atoms with E-state index in [-0.39, 0.29) is 24.1 Å². The molecule has 23 heavy (non-hydrogen) atoms. The van der Waals surface area contributed by atoms with Gasteiger partial charge in [-0.25, -0.2) is 4.98 Å². The summed E-state index contributed by atoms with van der Waals surface area (Å²) >= 11 is 0. The van der Waals surface area contributed by atoms with Crippen LogP contribution >= 0.6 is 0 Å². The molecule has 0 saturated heterocycles. The second-order valence-corrected chi connectivity index (χ2v) is 5.56. The molecule has 0 spiro atoms. The number of aromatic hydroxyl groups is 2. The molecule has 0 fully saturated rings. The van der Waals surface area contributed by atoms with Gasteiger partial charge in [-0.1, -0.05) is 12.1 Å². The lowest BCUT2D eigenvalue weighted by molar-refractivity contribution is -0.106. The zero-order chi connectivity index (χ0) is 16.4. The van der Waals surface area contributed by atoms with Gasteiger partial charge in [0.15, 0.2) is 11.5 Å². The topological polar surface area (TPSA) is 85.7 Å². The van der Waals surface area contributed by atoms with Crippen molar-refractivity contribution in [1.82, 2.24) is 10.3 Å². The van der Waals surface area contributed by atoms with Gasteiger partial charge in [0.1, 0.15) is 12.1 Å². The highest BCUT2D eigenvalue weighted by atomic mass is 16.3. The molecule has 0 bridgehead atoms. The Labute approximate surface area is 134 Å². The van der Waals surface area contributed by atoms with Crippen LogP contribution in [0.4, 0.5) is 5.82 Å². The van der Waals surface area contributed by atoms with Crippen molar-refractivity contribution >= 4 is 12.1 Å². The van der Waals surface area contributed by atoms with Crippen molar-refractivity contribution in [2.24, 2.45) is 0 Å². The van der Waals surface area contributed by atoms with Gasteiger partial charge in [0.2, 0.25) is 0 Å². The molecule has 3 rings (SSSR count). The van der Waals surface area contributed by atoms with E-state index in [1.807, 2.05) is 24.1 Å². The summed E-state index contributed by atoms with van der Waals surface area (Å²) in [5.74, 6) is 0.488. The standard InChI is InChI=1S/C17H19N3O3/c1-18-10-14-12-4-5-15(22)16(23)13(12)9-11-3-2-6-19-17(11)20(14)7-8-21/h2-6,8,14,18,22-23H,7,9-10H2,1H3. The van der Waals surface area contributed by atoms with Gasteiger partial charge < -0.3 is 25.2 Å². The molecule has 1 aromatic heterocycles. The first kappa shape index (κ1) is 15.3. The van der Waals surface area contributed by atoms with Gasteiger partial charge in [-0.3, -0.25) is 0 Å². The number of aromatic nitrogens is 1. The van der Waals surface area contributed by atoms with Crippen LogP contribution in [0.3, 0.4) is 0 Å². The summed E-state index contributed by atoms with van der Waals surface area (Å²) in [5.41, 5.74) is 2.47. The molecule has 120 valence electrons. The second-order valence-electron chi connectivity index (χ2n) is 5.56. The van der Waals surface area contributed by atoms with E-state index in [1.54, 1.807) is 12.3 Å². The van der Waals surface area contributed by atoms with Crippen LogP contribution in [0.2, 0.25) is 0 Å². The van der Waals surface area contributed by atoms with Gasteiger partial charge in [-0.2, -0.15) is 0 Å². The number of phenolic OH excluding ortho intramolecular Hbond substituents is 2. The number of rotatable bonds is 4. The number of carbonyl (C=O) groups is 1. The van der Waals surface area contributed by atoms with Crippen molar-refractivity contribution in [2.45, 2.75) is 12.5 Å². The Kier molecular flexibility index (Phi) is 4.16. The van der Waals surface area contributed by atoms with Crippen molar-refractivity contribution in [3.05, 3.63) is 47.2 Å². The molecule has 2 heterocycles. The Morgan fingerprint density at radius 3 is 2.96 bits per heavy atom. The van der Waals surface area contributed by atoms with Gasteiger partial charge in [0.05, 0.1) is 12.6 Å². The summed E-state index contributed by atoms with van der Waals surface area (Å²) in [6.07, 6.45) is 3.00. The molecule has 2 aromatic rings. The predicted octanol–water partition coefficient (Wildman–Crippen LogP) is 1.36. The first-order chi connectivity index (χ1) is 11.2. The summed E-state index contributed by atoms with van der Waals surface area (Å²) < 4.78 is 0. The fraction of sp³-hybridized carbons (Fsp3) is 0.294. The summed E-state index contributed by atoms with van der Waals surface area (Å²) in [4.78, 5) is 17.6. The number of phenols is 2. The highest BCUT2D eigenvalue weighted by molar-refractivity contribution is 5.66. The molecule has 6 heteroatoms. The Balaban J connectivity index is 2.24. The van der Waals surface area contributed by atoms with E-state index in [0.717, 1.165) is 23.2 Å². The Morgan fingerprint density at radius 2 is 2.22 bits per heavy atom. The van der Waals surface area contributed by atoms with Crippen molar-refractivity contribution in [3.63, 3.8) is 0 Å². The number of benzene rings is 1. The third kappa shape index (κ3) is 2.61. The molecule has 0 aliphatic carbocycles. The number of nitrogens with zero attached hydrogens (tertiary/aromatic N) is 2. The van der Waals surface area contributed by atoms with E-state index in [9.17, 15) is 15.0 Å². The molecule has 0 saturated carbocycles. The van der Waals surface area contributed by atoms with Gasteiger partial charge in [-0.15, -0.1) is 0 Å². The Morgan fingerprint density at radius 1 is 1.39 bits per heavy atom. The number of aldehydes is 1. The van der Waals surface area contributed by atoms with Crippen LogP contribution in [-0.2, 0) is 11.2 Å². The minimum atomic E-state index is -0.164. The first-order valence-electron chi connectivity index (χ1n) is 7.49. The van der Waals surface area contributed by atoms with Crippen molar-refractivity contribution in [1.29, 1.82) is 0 Å². The number of likely N-dealkylation sites (N-methyl/N-ethyl adjacent to an activating group) is 1. The lowest BCUT2D eigenvalue weighted by Crippen LogP contribution is -2.36. The summed E-state index contributed by atoms with van der Waals surface area (Å²) in [7, 11) is 1.84. The van der Waals surface area contributed by atoms with Crippen molar-refractivity contribution in [2.75, 3.05) is 25.0 Å². The normalized spacial score (nSPS) is 16.4. The van der Waals surface area contributed by atoms with Gasteiger partial charge in [0, 0.05) is 24.7 Å². The quantitative estimate of drug-likeness (QED) is 0.584. The molecule has 0 radical (unpaired) electrons. The zero-order valence-corrected chi connectivity index (χ0v) is 12.9. The molecule has 0 amide bonds. The lowest BCUT2D eigenvalue weighted by Gasteiger charge is -2.31. The average molecular weight is 313 g/mol.